The summed E-state index contributed by atoms with van der Waals surface area (Å²) >= 11 is 0. The summed E-state index contributed by atoms with van der Waals surface area (Å²) in [6.45, 7) is 1.69. The first-order valence-corrected chi connectivity index (χ1v) is 4.34. The van der Waals surface area contributed by atoms with E-state index in [0.29, 0.717) is 11.5 Å². The lowest BCUT2D eigenvalue weighted by molar-refractivity contribution is -0.130. The first-order valence-electron chi connectivity index (χ1n) is 4.34. The van der Waals surface area contributed by atoms with Crippen molar-refractivity contribution in [2.75, 3.05) is 0 Å². The van der Waals surface area contributed by atoms with Gasteiger partial charge in [-0.25, -0.2) is 0 Å². The monoisotopic (exact) mass is 193 g/mol. The van der Waals surface area contributed by atoms with Crippen LogP contribution in [0.4, 0.5) is 0 Å². The molecule has 4 heteroatoms. The number of carbonyl (C=O) groups excluding carboxylic acids is 1. The zero-order valence-electron chi connectivity index (χ0n) is 7.82. The van der Waals surface area contributed by atoms with Crippen molar-refractivity contribution in [2.24, 2.45) is 5.73 Å². The predicted molar refractivity (Wildman–Crippen MR) is 49.9 cm³/mol. The van der Waals surface area contributed by atoms with Crippen LogP contribution < -0.4 is 15.2 Å². The quantitative estimate of drug-likeness (QED) is 0.763. The molecule has 0 atom stereocenters. The smallest absolute Gasteiger partial charge is 0.257 e. The first kappa shape index (κ1) is 8.87. The van der Waals surface area contributed by atoms with E-state index in [2.05, 4.69) is 0 Å². The Hall–Kier alpha value is -1.71. The fourth-order valence-electron chi connectivity index (χ4n) is 1.49. The van der Waals surface area contributed by atoms with E-state index in [9.17, 15) is 4.79 Å². The number of fused-ring (bicyclic) bond motifs is 1. The highest BCUT2D eigenvalue weighted by Gasteiger charge is 2.37. The molecule has 4 nitrogen and oxygen atoms in total. The van der Waals surface area contributed by atoms with Crippen LogP contribution in [0, 0.1) is 0 Å². The maximum Gasteiger partial charge on any atom is 0.257 e. The summed E-state index contributed by atoms with van der Waals surface area (Å²) in [6, 6.07) is 7.28. The van der Waals surface area contributed by atoms with Crippen LogP contribution in [0.5, 0.6) is 11.5 Å². The highest BCUT2D eigenvalue weighted by atomic mass is 16.7. The average molecular weight is 193 g/mol. The van der Waals surface area contributed by atoms with Crippen LogP contribution in [0.15, 0.2) is 24.3 Å². The lowest BCUT2D eigenvalue weighted by Gasteiger charge is -2.20. The number of nitrogens with two attached hydrogens (primary N) is 1. The second-order valence-corrected chi connectivity index (χ2v) is 3.43. The second-order valence-electron chi connectivity index (χ2n) is 3.43. The Balaban J connectivity index is 2.21. The SMILES string of the molecule is CC1(CC(N)=O)Oc2ccccc2O1. The van der Waals surface area contributed by atoms with E-state index in [4.69, 9.17) is 15.2 Å². The van der Waals surface area contributed by atoms with Crippen LogP contribution in [0.2, 0.25) is 0 Å². The molecule has 0 spiro atoms. The highest BCUT2D eigenvalue weighted by Crippen LogP contribution is 2.39. The third-order valence-electron chi connectivity index (χ3n) is 2.00. The molecule has 1 aromatic rings. The zero-order chi connectivity index (χ0) is 10.2. The molecule has 1 amide bonds. The molecule has 2 rings (SSSR count). The predicted octanol–water partition coefficient (Wildman–Crippen LogP) is 1.05. The van der Waals surface area contributed by atoms with Crippen molar-refractivity contribution in [1.29, 1.82) is 0 Å². The van der Waals surface area contributed by atoms with E-state index in [1.165, 1.54) is 0 Å². The highest BCUT2D eigenvalue weighted by molar-refractivity contribution is 5.75. The van der Waals surface area contributed by atoms with Gasteiger partial charge in [-0.3, -0.25) is 4.79 Å². The standard InChI is InChI=1S/C10H11NO3/c1-10(6-9(11)12)13-7-4-2-3-5-8(7)14-10/h2-5H,6H2,1H3,(H2,11,12). The summed E-state index contributed by atoms with van der Waals surface area (Å²) in [7, 11) is 0. The molecule has 1 heterocycles. The van der Waals surface area contributed by atoms with Gasteiger partial charge in [0, 0.05) is 6.92 Å². The third-order valence-corrected chi connectivity index (χ3v) is 2.00. The van der Waals surface area contributed by atoms with Gasteiger partial charge in [0.15, 0.2) is 11.5 Å². The minimum atomic E-state index is -0.949. The largest absolute Gasteiger partial charge is 0.448 e. The summed E-state index contributed by atoms with van der Waals surface area (Å²) in [5.41, 5.74) is 5.09. The van der Waals surface area contributed by atoms with E-state index in [1.807, 2.05) is 12.1 Å². The number of rotatable bonds is 2. The van der Waals surface area contributed by atoms with Crippen molar-refractivity contribution >= 4 is 5.91 Å². The lowest BCUT2D eigenvalue weighted by atomic mass is 10.2. The van der Waals surface area contributed by atoms with Gasteiger partial charge in [0.05, 0.1) is 0 Å². The van der Waals surface area contributed by atoms with Gasteiger partial charge in [-0.2, -0.15) is 0 Å². The summed E-state index contributed by atoms with van der Waals surface area (Å²) in [6.07, 6.45) is 0.0433. The van der Waals surface area contributed by atoms with Crippen LogP contribution in [0.1, 0.15) is 13.3 Å². The van der Waals surface area contributed by atoms with Gasteiger partial charge in [0.1, 0.15) is 6.42 Å². The van der Waals surface area contributed by atoms with E-state index in [1.54, 1.807) is 19.1 Å². The molecule has 1 aliphatic heterocycles. The van der Waals surface area contributed by atoms with Gasteiger partial charge in [0.25, 0.3) is 5.79 Å². The summed E-state index contributed by atoms with van der Waals surface area (Å²) in [5, 5.41) is 0. The maximum atomic E-state index is 10.8. The number of benzene rings is 1. The molecule has 0 aliphatic carbocycles. The van der Waals surface area contributed by atoms with Crippen molar-refractivity contribution in [3.63, 3.8) is 0 Å². The molecule has 74 valence electrons. The Bertz CT molecular complexity index is 350. The Kier molecular flexibility index (Phi) is 1.84. The Morgan fingerprint density at radius 2 is 1.86 bits per heavy atom. The molecule has 1 aliphatic rings. The minimum Gasteiger partial charge on any atom is -0.448 e. The fraction of sp³-hybridized carbons (Fsp3) is 0.300. The fourth-order valence-corrected chi connectivity index (χ4v) is 1.49. The lowest BCUT2D eigenvalue weighted by Crippen LogP contribution is -2.39. The van der Waals surface area contributed by atoms with Crippen LogP contribution in [-0.2, 0) is 4.79 Å². The van der Waals surface area contributed by atoms with Crippen molar-refractivity contribution in [3.05, 3.63) is 24.3 Å². The zero-order valence-corrected chi connectivity index (χ0v) is 7.82. The Labute approximate surface area is 81.6 Å². The molecular weight excluding hydrogens is 182 g/mol. The first-order chi connectivity index (χ1) is 6.59. The van der Waals surface area contributed by atoms with E-state index in [0.717, 1.165) is 0 Å². The van der Waals surface area contributed by atoms with Crippen LogP contribution in [0.3, 0.4) is 0 Å². The minimum absolute atomic E-state index is 0.0433. The van der Waals surface area contributed by atoms with Crippen molar-refractivity contribution in [1.82, 2.24) is 0 Å². The number of primary amides is 1. The molecule has 0 bridgehead atoms. The van der Waals surface area contributed by atoms with E-state index >= 15 is 0 Å². The topological polar surface area (TPSA) is 61.6 Å². The molecular formula is C10H11NO3. The normalized spacial score (nSPS) is 16.6. The van der Waals surface area contributed by atoms with Crippen LogP contribution >= 0.6 is 0 Å². The van der Waals surface area contributed by atoms with Gasteiger partial charge < -0.3 is 15.2 Å². The number of hydrogen-bond donors (Lipinski definition) is 1. The summed E-state index contributed by atoms with van der Waals surface area (Å²) in [5.74, 6) is -0.0944. The molecule has 0 saturated carbocycles. The van der Waals surface area contributed by atoms with Crippen molar-refractivity contribution < 1.29 is 14.3 Å². The molecule has 2 N–H and O–H groups in total. The Morgan fingerprint density at radius 3 is 2.29 bits per heavy atom. The molecule has 0 fully saturated rings. The van der Waals surface area contributed by atoms with Gasteiger partial charge in [-0.1, -0.05) is 12.1 Å². The molecule has 14 heavy (non-hydrogen) atoms. The van der Waals surface area contributed by atoms with Crippen LogP contribution in [0.25, 0.3) is 0 Å². The molecule has 1 aromatic carbocycles. The summed E-state index contributed by atoms with van der Waals surface area (Å²) in [4.78, 5) is 10.8. The van der Waals surface area contributed by atoms with Gasteiger partial charge in [-0.15, -0.1) is 0 Å². The molecule has 0 saturated heterocycles. The molecule has 0 aromatic heterocycles. The Morgan fingerprint density at radius 1 is 1.36 bits per heavy atom. The average Bonchev–Trinajstić information content (AvgIpc) is 2.38. The van der Waals surface area contributed by atoms with Crippen LogP contribution in [-0.4, -0.2) is 11.7 Å². The number of ether oxygens (including phenoxy) is 2. The molecule has 0 unspecified atom stereocenters. The van der Waals surface area contributed by atoms with E-state index in [-0.39, 0.29) is 6.42 Å². The van der Waals surface area contributed by atoms with E-state index < -0.39 is 11.7 Å². The maximum absolute atomic E-state index is 10.8. The van der Waals surface area contributed by atoms with Crippen molar-refractivity contribution in [2.45, 2.75) is 19.1 Å². The summed E-state index contributed by atoms with van der Waals surface area (Å²) < 4.78 is 11.0. The number of carbonyl (C=O) groups is 1. The van der Waals surface area contributed by atoms with Crippen molar-refractivity contribution in [3.8, 4) is 11.5 Å². The van der Waals surface area contributed by atoms with Gasteiger partial charge in [0.2, 0.25) is 5.91 Å². The molecule has 0 radical (unpaired) electrons. The number of para-hydroxylation sites is 2. The number of amides is 1. The second kappa shape index (κ2) is 2.90. The van der Waals surface area contributed by atoms with Gasteiger partial charge in [-0.05, 0) is 12.1 Å². The van der Waals surface area contributed by atoms with Gasteiger partial charge >= 0.3 is 0 Å². The number of hydrogen-bond acceptors (Lipinski definition) is 3. The third kappa shape index (κ3) is 1.51.